The zero-order chi connectivity index (χ0) is 18.5. The molecule has 2 heterocycles. The molecule has 0 unspecified atom stereocenters. The van der Waals surface area contributed by atoms with Crippen LogP contribution in [-0.4, -0.2) is 44.1 Å². The SMILES string of the molecule is Cc1ccc(S(=O)(=O)N2CC[C@@H](CB3OC(C)(C)C(C)(C)O3)C2)cc1. The van der Waals surface area contributed by atoms with Gasteiger partial charge in [0.2, 0.25) is 10.0 Å². The minimum atomic E-state index is -3.42. The highest BCUT2D eigenvalue weighted by atomic mass is 32.2. The van der Waals surface area contributed by atoms with Crippen molar-refractivity contribution in [3.63, 3.8) is 0 Å². The summed E-state index contributed by atoms with van der Waals surface area (Å²) in [6, 6.07) is 7.05. The first kappa shape index (κ1) is 18.9. The van der Waals surface area contributed by atoms with Crippen molar-refractivity contribution in [1.82, 2.24) is 4.31 Å². The van der Waals surface area contributed by atoms with E-state index in [2.05, 4.69) is 0 Å². The number of hydrogen-bond donors (Lipinski definition) is 0. The minimum absolute atomic E-state index is 0.259. The highest BCUT2D eigenvalue weighted by Crippen LogP contribution is 2.39. The zero-order valence-electron chi connectivity index (χ0n) is 15.8. The molecule has 2 aliphatic rings. The van der Waals surface area contributed by atoms with E-state index in [9.17, 15) is 8.42 Å². The topological polar surface area (TPSA) is 55.8 Å². The molecule has 3 rings (SSSR count). The lowest BCUT2D eigenvalue weighted by atomic mass is 9.77. The standard InChI is InChI=1S/C18H28BNO4S/c1-14-6-8-16(9-7-14)25(21,22)20-11-10-15(13-20)12-19-23-17(2,3)18(4,5)24-19/h6-9,15H,10-13H2,1-5H3/t15-/m0/s1. The minimum Gasteiger partial charge on any atom is -0.403 e. The molecule has 138 valence electrons. The normalized spacial score (nSPS) is 26.3. The van der Waals surface area contributed by atoms with Crippen LogP contribution < -0.4 is 0 Å². The average molecular weight is 365 g/mol. The van der Waals surface area contributed by atoms with E-state index in [0.29, 0.717) is 18.0 Å². The molecule has 0 amide bonds. The van der Waals surface area contributed by atoms with E-state index < -0.39 is 10.0 Å². The molecule has 7 heteroatoms. The van der Waals surface area contributed by atoms with Crippen molar-refractivity contribution in [2.24, 2.45) is 5.92 Å². The van der Waals surface area contributed by atoms with Crippen LogP contribution in [0.2, 0.25) is 6.32 Å². The molecular formula is C18H28BNO4S. The van der Waals surface area contributed by atoms with Crippen LogP contribution in [0.3, 0.4) is 0 Å². The van der Waals surface area contributed by atoms with Crippen molar-refractivity contribution in [2.75, 3.05) is 13.1 Å². The van der Waals surface area contributed by atoms with Crippen molar-refractivity contribution in [1.29, 1.82) is 0 Å². The molecular weight excluding hydrogens is 337 g/mol. The molecule has 2 aliphatic heterocycles. The third-order valence-corrected chi connectivity index (χ3v) is 7.61. The summed E-state index contributed by atoms with van der Waals surface area (Å²) in [5, 5.41) is 0. The van der Waals surface area contributed by atoms with Crippen molar-refractivity contribution >= 4 is 17.1 Å². The van der Waals surface area contributed by atoms with Crippen molar-refractivity contribution in [3.05, 3.63) is 29.8 Å². The summed E-state index contributed by atoms with van der Waals surface area (Å²) >= 11 is 0. The summed E-state index contributed by atoms with van der Waals surface area (Å²) < 4.78 is 39.3. The van der Waals surface area contributed by atoms with Crippen LogP contribution in [0.4, 0.5) is 0 Å². The van der Waals surface area contributed by atoms with Gasteiger partial charge in [-0.05, 0) is 65.4 Å². The van der Waals surface area contributed by atoms with Crippen molar-refractivity contribution < 1.29 is 17.7 Å². The fourth-order valence-corrected chi connectivity index (χ4v) is 4.93. The van der Waals surface area contributed by atoms with E-state index in [0.717, 1.165) is 18.3 Å². The molecule has 0 bridgehead atoms. The summed E-state index contributed by atoms with van der Waals surface area (Å²) in [5.74, 6) is 0.259. The number of nitrogens with zero attached hydrogens (tertiary/aromatic N) is 1. The maximum absolute atomic E-state index is 12.8. The Labute approximate surface area is 151 Å². The lowest BCUT2D eigenvalue weighted by molar-refractivity contribution is 0.00578. The lowest BCUT2D eigenvalue weighted by Crippen LogP contribution is -2.41. The van der Waals surface area contributed by atoms with Crippen LogP contribution in [0.15, 0.2) is 29.2 Å². The number of rotatable bonds is 4. The molecule has 0 spiro atoms. The van der Waals surface area contributed by atoms with Gasteiger partial charge in [0.1, 0.15) is 0 Å². The monoisotopic (exact) mass is 365 g/mol. The van der Waals surface area contributed by atoms with Crippen molar-refractivity contribution in [3.8, 4) is 0 Å². The largest absolute Gasteiger partial charge is 0.458 e. The summed E-state index contributed by atoms with van der Waals surface area (Å²) in [5.41, 5.74) is 0.368. The number of aryl methyl sites for hydroxylation is 1. The Balaban J connectivity index is 1.63. The Hall–Kier alpha value is -0.885. The highest BCUT2D eigenvalue weighted by Gasteiger charge is 2.51. The Kier molecular flexibility index (Phi) is 4.82. The summed E-state index contributed by atoms with van der Waals surface area (Å²) in [4.78, 5) is 0.370. The third-order valence-electron chi connectivity index (χ3n) is 5.74. The van der Waals surface area contributed by atoms with Gasteiger partial charge in [0.05, 0.1) is 16.1 Å². The van der Waals surface area contributed by atoms with Crippen LogP contribution in [0.25, 0.3) is 0 Å². The van der Waals surface area contributed by atoms with Gasteiger partial charge in [-0.25, -0.2) is 8.42 Å². The first-order chi connectivity index (χ1) is 11.5. The Morgan fingerprint density at radius 3 is 2.24 bits per heavy atom. The van der Waals surface area contributed by atoms with Gasteiger partial charge in [-0.1, -0.05) is 17.7 Å². The van der Waals surface area contributed by atoms with E-state index >= 15 is 0 Å². The molecule has 0 aromatic heterocycles. The summed E-state index contributed by atoms with van der Waals surface area (Å²) in [6.07, 6.45) is 1.57. The average Bonchev–Trinajstić information content (AvgIpc) is 3.02. The number of benzene rings is 1. The van der Waals surface area contributed by atoms with Crippen LogP contribution in [0, 0.1) is 12.8 Å². The number of sulfonamides is 1. The van der Waals surface area contributed by atoms with E-state index in [1.807, 2.05) is 46.8 Å². The molecule has 2 saturated heterocycles. The predicted octanol–water partition coefficient (Wildman–Crippen LogP) is 3.10. The molecule has 1 aromatic rings. The van der Waals surface area contributed by atoms with E-state index in [4.69, 9.17) is 9.31 Å². The fourth-order valence-electron chi connectivity index (χ4n) is 3.40. The van der Waals surface area contributed by atoms with Crippen LogP contribution in [0.1, 0.15) is 39.7 Å². The molecule has 0 radical (unpaired) electrons. The second-order valence-corrected chi connectivity index (χ2v) is 10.2. The van der Waals surface area contributed by atoms with Gasteiger partial charge in [0, 0.05) is 13.1 Å². The Bertz CT molecular complexity index is 714. The van der Waals surface area contributed by atoms with Crippen LogP contribution >= 0.6 is 0 Å². The first-order valence-electron chi connectivity index (χ1n) is 8.94. The van der Waals surface area contributed by atoms with Gasteiger partial charge >= 0.3 is 7.12 Å². The quantitative estimate of drug-likeness (QED) is 0.770. The van der Waals surface area contributed by atoms with Crippen LogP contribution in [0.5, 0.6) is 0 Å². The first-order valence-corrected chi connectivity index (χ1v) is 10.4. The molecule has 0 aliphatic carbocycles. The summed E-state index contributed by atoms with van der Waals surface area (Å²) in [7, 11) is -3.68. The fraction of sp³-hybridized carbons (Fsp3) is 0.667. The van der Waals surface area contributed by atoms with Gasteiger partial charge in [-0.2, -0.15) is 4.31 Å². The molecule has 1 aromatic carbocycles. The van der Waals surface area contributed by atoms with Gasteiger partial charge in [0.15, 0.2) is 0 Å². The Morgan fingerprint density at radius 2 is 1.68 bits per heavy atom. The van der Waals surface area contributed by atoms with Gasteiger partial charge in [0.25, 0.3) is 0 Å². The van der Waals surface area contributed by atoms with E-state index in [1.54, 1.807) is 16.4 Å². The van der Waals surface area contributed by atoms with Gasteiger partial charge in [-0.3, -0.25) is 0 Å². The maximum atomic E-state index is 12.8. The zero-order valence-corrected chi connectivity index (χ0v) is 16.6. The van der Waals surface area contributed by atoms with E-state index in [-0.39, 0.29) is 24.2 Å². The second kappa shape index (κ2) is 6.37. The third kappa shape index (κ3) is 3.65. The predicted molar refractivity (Wildman–Crippen MR) is 98.9 cm³/mol. The lowest BCUT2D eigenvalue weighted by Gasteiger charge is -2.32. The smallest absolute Gasteiger partial charge is 0.403 e. The van der Waals surface area contributed by atoms with Crippen molar-refractivity contribution in [2.45, 2.75) is 63.5 Å². The molecule has 25 heavy (non-hydrogen) atoms. The van der Waals surface area contributed by atoms with E-state index in [1.165, 1.54) is 0 Å². The molecule has 5 nitrogen and oxygen atoms in total. The second-order valence-electron chi connectivity index (χ2n) is 8.25. The molecule has 1 atom stereocenters. The molecule has 0 saturated carbocycles. The maximum Gasteiger partial charge on any atom is 0.458 e. The molecule has 0 N–H and O–H groups in total. The highest BCUT2D eigenvalue weighted by molar-refractivity contribution is 7.89. The van der Waals surface area contributed by atoms with Gasteiger partial charge < -0.3 is 9.31 Å². The van der Waals surface area contributed by atoms with Gasteiger partial charge in [-0.15, -0.1) is 0 Å². The van der Waals surface area contributed by atoms with Crippen LogP contribution in [-0.2, 0) is 19.3 Å². The Morgan fingerprint density at radius 1 is 1.12 bits per heavy atom. The number of hydrogen-bond acceptors (Lipinski definition) is 4. The summed E-state index contributed by atoms with van der Waals surface area (Å²) in [6.45, 7) is 11.2. The molecule has 2 fully saturated rings.